The molecule has 1 amide bonds. The molecule has 2 aromatic rings. The third kappa shape index (κ3) is 5.98. The van der Waals surface area contributed by atoms with Crippen molar-refractivity contribution in [3.63, 3.8) is 0 Å². The van der Waals surface area contributed by atoms with E-state index in [1.54, 1.807) is 14.0 Å². The Balaban J connectivity index is 1.43. The van der Waals surface area contributed by atoms with Crippen LogP contribution in [0.15, 0.2) is 48.5 Å². The summed E-state index contributed by atoms with van der Waals surface area (Å²) >= 11 is 0. The summed E-state index contributed by atoms with van der Waals surface area (Å²) in [5.41, 5.74) is 2.23. The minimum Gasteiger partial charge on any atom is -0.497 e. The third-order valence-corrected chi connectivity index (χ3v) is 5.12. The summed E-state index contributed by atoms with van der Waals surface area (Å²) in [4.78, 5) is 27.7. The maximum absolute atomic E-state index is 12.5. The van der Waals surface area contributed by atoms with E-state index in [1.165, 1.54) is 0 Å². The highest BCUT2D eigenvalue weighted by Crippen LogP contribution is 2.20. The standard InChI is InChI=1S/C23H28N2O4/c1-18(26)3-4-19-5-9-22(10-6-19)29-17-23(27)25-15-13-24(14-16-25)20-7-11-21(28-2)12-8-20/h5-12H,3-4,13-17H2,1-2H3. The van der Waals surface area contributed by atoms with Crippen LogP contribution in [-0.4, -0.2) is 56.5 Å². The largest absolute Gasteiger partial charge is 0.497 e. The molecule has 2 aromatic carbocycles. The molecule has 0 radical (unpaired) electrons. The van der Waals surface area contributed by atoms with E-state index in [4.69, 9.17) is 9.47 Å². The molecule has 0 atom stereocenters. The topological polar surface area (TPSA) is 59.1 Å². The highest BCUT2D eigenvalue weighted by Gasteiger charge is 2.21. The van der Waals surface area contributed by atoms with Crippen molar-refractivity contribution >= 4 is 17.4 Å². The second-order valence-corrected chi connectivity index (χ2v) is 7.20. The Bertz CT molecular complexity index is 810. The number of carbonyl (C=O) groups is 2. The van der Waals surface area contributed by atoms with Gasteiger partial charge in [0.25, 0.3) is 5.91 Å². The van der Waals surface area contributed by atoms with Crippen LogP contribution in [0.2, 0.25) is 0 Å². The third-order valence-electron chi connectivity index (χ3n) is 5.12. The fourth-order valence-electron chi connectivity index (χ4n) is 3.32. The lowest BCUT2D eigenvalue weighted by Gasteiger charge is -2.36. The summed E-state index contributed by atoms with van der Waals surface area (Å²) in [5.74, 6) is 1.69. The Kier molecular flexibility index (Phi) is 7.11. The first-order valence-corrected chi connectivity index (χ1v) is 9.93. The first kappa shape index (κ1) is 20.7. The van der Waals surface area contributed by atoms with Gasteiger partial charge in [0, 0.05) is 38.3 Å². The van der Waals surface area contributed by atoms with Crippen molar-refractivity contribution in [2.24, 2.45) is 0 Å². The number of hydrogen-bond acceptors (Lipinski definition) is 5. The van der Waals surface area contributed by atoms with Gasteiger partial charge in [-0.3, -0.25) is 4.79 Å². The molecule has 6 heteroatoms. The number of methoxy groups -OCH3 is 1. The lowest BCUT2D eigenvalue weighted by Crippen LogP contribution is -2.50. The molecule has 0 aromatic heterocycles. The predicted molar refractivity (Wildman–Crippen MR) is 113 cm³/mol. The summed E-state index contributed by atoms with van der Waals surface area (Å²) < 4.78 is 10.9. The smallest absolute Gasteiger partial charge is 0.260 e. The molecule has 1 aliphatic rings. The van der Waals surface area contributed by atoms with Gasteiger partial charge in [-0.05, 0) is 55.3 Å². The van der Waals surface area contributed by atoms with Crippen LogP contribution in [0.1, 0.15) is 18.9 Å². The van der Waals surface area contributed by atoms with Crippen LogP contribution in [0, 0.1) is 0 Å². The summed E-state index contributed by atoms with van der Waals surface area (Å²) in [6.07, 6.45) is 1.27. The van der Waals surface area contributed by atoms with Gasteiger partial charge < -0.3 is 24.1 Å². The van der Waals surface area contributed by atoms with Crippen LogP contribution in [0.4, 0.5) is 5.69 Å². The Hall–Kier alpha value is -3.02. The van der Waals surface area contributed by atoms with Crippen LogP contribution in [0.25, 0.3) is 0 Å². The van der Waals surface area contributed by atoms with Crippen molar-refractivity contribution in [2.75, 3.05) is 44.8 Å². The number of rotatable bonds is 8. The first-order valence-electron chi connectivity index (χ1n) is 9.93. The van der Waals surface area contributed by atoms with E-state index < -0.39 is 0 Å². The van der Waals surface area contributed by atoms with E-state index in [1.807, 2.05) is 53.4 Å². The summed E-state index contributed by atoms with van der Waals surface area (Å²) in [6.45, 7) is 4.58. The number of amides is 1. The SMILES string of the molecule is COc1ccc(N2CCN(C(=O)COc3ccc(CCC(C)=O)cc3)CC2)cc1. The second-order valence-electron chi connectivity index (χ2n) is 7.20. The maximum Gasteiger partial charge on any atom is 0.260 e. The number of Topliss-reactive ketones (excluding diaryl/α,β-unsaturated/α-hetero) is 1. The molecule has 1 saturated heterocycles. The summed E-state index contributed by atoms with van der Waals surface area (Å²) in [6, 6.07) is 15.6. The number of aryl methyl sites for hydroxylation is 1. The molecule has 1 fully saturated rings. The Morgan fingerprint density at radius 1 is 0.897 bits per heavy atom. The molecule has 0 saturated carbocycles. The summed E-state index contributed by atoms with van der Waals surface area (Å²) in [7, 11) is 1.66. The van der Waals surface area contributed by atoms with Crippen LogP contribution < -0.4 is 14.4 Å². The Morgan fingerprint density at radius 3 is 2.10 bits per heavy atom. The number of nitrogens with zero attached hydrogens (tertiary/aromatic N) is 2. The lowest BCUT2D eigenvalue weighted by molar-refractivity contribution is -0.133. The molecule has 1 heterocycles. The van der Waals surface area contributed by atoms with Crippen LogP contribution in [0.3, 0.4) is 0 Å². The number of hydrogen-bond donors (Lipinski definition) is 0. The average molecular weight is 396 g/mol. The monoisotopic (exact) mass is 396 g/mol. The molecule has 29 heavy (non-hydrogen) atoms. The fourth-order valence-corrected chi connectivity index (χ4v) is 3.32. The van der Waals surface area contributed by atoms with E-state index in [0.717, 1.165) is 36.5 Å². The van der Waals surface area contributed by atoms with Crippen molar-refractivity contribution in [1.82, 2.24) is 4.90 Å². The number of benzene rings is 2. The van der Waals surface area contributed by atoms with Gasteiger partial charge in [0.05, 0.1) is 7.11 Å². The van der Waals surface area contributed by atoms with Gasteiger partial charge in [-0.15, -0.1) is 0 Å². The Morgan fingerprint density at radius 2 is 1.52 bits per heavy atom. The van der Waals surface area contributed by atoms with E-state index in [2.05, 4.69) is 4.90 Å². The molecule has 1 aliphatic heterocycles. The maximum atomic E-state index is 12.5. The number of anilines is 1. The highest BCUT2D eigenvalue weighted by atomic mass is 16.5. The number of carbonyl (C=O) groups excluding carboxylic acids is 2. The van der Waals surface area contributed by atoms with Crippen molar-refractivity contribution in [3.05, 3.63) is 54.1 Å². The Labute approximate surface area is 172 Å². The lowest BCUT2D eigenvalue weighted by atomic mass is 10.1. The van der Waals surface area contributed by atoms with E-state index >= 15 is 0 Å². The highest BCUT2D eigenvalue weighted by molar-refractivity contribution is 5.78. The molecule has 0 unspecified atom stereocenters. The molecule has 0 aliphatic carbocycles. The quantitative estimate of drug-likeness (QED) is 0.687. The molecule has 6 nitrogen and oxygen atoms in total. The van der Waals surface area contributed by atoms with Crippen molar-refractivity contribution in [1.29, 1.82) is 0 Å². The molecule has 0 bridgehead atoms. The van der Waals surface area contributed by atoms with Gasteiger partial charge in [0.15, 0.2) is 6.61 Å². The van der Waals surface area contributed by atoms with Gasteiger partial charge >= 0.3 is 0 Å². The van der Waals surface area contributed by atoms with Crippen molar-refractivity contribution in [2.45, 2.75) is 19.8 Å². The average Bonchev–Trinajstić information content (AvgIpc) is 2.77. The van der Waals surface area contributed by atoms with Crippen molar-refractivity contribution < 1.29 is 19.1 Å². The first-order chi connectivity index (χ1) is 14.0. The van der Waals surface area contributed by atoms with E-state index in [0.29, 0.717) is 25.3 Å². The minimum atomic E-state index is 0.0000344. The molecule has 154 valence electrons. The van der Waals surface area contributed by atoms with Gasteiger partial charge in [0.2, 0.25) is 0 Å². The normalized spacial score (nSPS) is 13.9. The minimum absolute atomic E-state index is 0.0000344. The molecule has 0 N–H and O–H groups in total. The van der Waals surface area contributed by atoms with Crippen LogP contribution in [0.5, 0.6) is 11.5 Å². The molecular weight excluding hydrogens is 368 g/mol. The zero-order chi connectivity index (χ0) is 20.6. The zero-order valence-corrected chi connectivity index (χ0v) is 17.1. The van der Waals surface area contributed by atoms with Crippen LogP contribution >= 0.6 is 0 Å². The van der Waals surface area contributed by atoms with E-state index in [9.17, 15) is 9.59 Å². The van der Waals surface area contributed by atoms with Gasteiger partial charge in [-0.2, -0.15) is 0 Å². The van der Waals surface area contributed by atoms with E-state index in [-0.39, 0.29) is 18.3 Å². The van der Waals surface area contributed by atoms with Crippen molar-refractivity contribution in [3.8, 4) is 11.5 Å². The summed E-state index contributed by atoms with van der Waals surface area (Å²) in [5, 5.41) is 0. The predicted octanol–water partition coefficient (Wildman–Crippen LogP) is 2.94. The molecular formula is C23H28N2O4. The van der Waals surface area contributed by atoms with Crippen LogP contribution in [-0.2, 0) is 16.0 Å². The second kappa shape index (κ2) is 9.96. The van der Waals surface area contributed by atoms with Gasteiger partial charge in [-0.25, -0.2) is 0 Å². The fraction of sp³-hybridized carbons (Fsp3) is 0.391. The van der Waals surface area contributed by atoms with Gasteiger partial charge in [-0.1, -0.05) is 12.1 Å². The molecule has 3 rings (SSSR count). The molecule has 0 spiro atoms. The number of piperazine rings is 1. The number of ether oxygens (including phenoxy) is 2. The number of ketones is 1. The van der Waals surface area contributed by atoms with Gasteiger partial charge in [0.1, 0.15) is 17.3 Å². The zero-order valence-electron chi connectivity index (χ0n) is 17.1.